The van der Waals surface area contributed by atoms with E-state index in [2.05, 4.69) is 0 Å². The van der Waals surface area contributed by atoms with Crippen molar-refractivity contribution in [1.82, 2.24) is 0 Å². The lowest BCUT2D eigenvalue weighted by Gasteiger charge is -2.13. The van der Waals surface area contributed by atoms with Crippen LogP contribution in [0.25, 0.3) is 0 Å². The summed E-state index contributed by atoms with van der Waals surface area (Å²) in [5.74, 6) is -0.313. The molecule has 4 heteroatoms. The number of nitrogens with two attached hydrogens (primary N) is 2. The van der Waals surface area contributed by atoms with Crippen LogP contribution < -0.4 is 11.5 Å². The molecule has 0 aromatic heterocycles. The highest BCUT2D eigenvalue weighted by Gasteiger charge is 2.15. The van der Waals surface area contributed by atoms with E-state index in [1.807, 2.05) is 13.8 Å². The number of rotatable bonds is 6. The minimum atomic E-state index is -0.492. The number of esters is 1. The van der Waals surface area contributed by atoms with Gasteiger partial charge in [0.05, 0.1) is 6.10 Å². The maximum Gasteiger partial charge on any atom is 0.323 e. The van der Waals surface area contributed by atoms with Crippen LogP contribution in [0.15, 0.2) is 0 Å². The molecule has 4 N–H and O–H groups in total. The van der Waals surface area contributed by atoms with E-state index in [9.17, 15) is 4.79 Å². The summed E-state index contributed by atoms with van der Waals surface area (Å²) >= 11 is 0. The Morgan fingerprint density at radius 3 is 2.46 bits per heavy atom. The lowest BCUT2D eigenvalue weighted by Crippen LogP contribution is -2.33. The van der Waals surface area contributed by atoms with E-state index in [0.717, 1.165) is 12.8 Å². The summed E-state index contributed by atoms with van der Waals surface area (Å²) in [5, 5.41) is 0. The van der Waals surface area contributed by atoms with Crippen LogP contribution in [-0.4, -0.2) is 24.7 Å². The van der Waals surface area contributed by atoms with Gasteiger partial charge in [-0.25, -0.2) is 0 Å². The van der Waals surface area contributed by atoms with Crippen molar-refractivity contribution in [3.63, 3.8) is 0 Å². The summed E-state index contributed by atoms with van der Waals surface area (Å²) in [5.41, 5.74) is 10.9. The smallest absolute Gasteiger partial charge is 0.323 e. The fourth-order valence-electron chi connectivity index (χ4n) is 0.946. The Morgan fingerprint density at radius 2 is 2.00 bits per heavy atom. The van der Waals surface area contributed by atoms with Gasteiger partial charge in [0.2, 0.25) is 0 Å². The molecule has 0 unspecified atom stereocenters. The van der Waals surface area contributed by atoms with E-state index in [0.29, 0.717) is 13.0 Å². The Labute approximate surface area is 79.6 Å². The van der Waals surface area contributed by atoms with E-state index in [4.69, 9.17) is 16.2 Å². The Morgan fingerprint density at radius 1 is 1.38 bits per heavy atom. The van der Waals surface area contributed by atoms with Crippen LogP contribution in [0.3, 0.4) is 0 Å². The number of hydrogen-bond donors (Lipinski definition) is 2. The number of ether oxygens (including phenoxy) is 1. The van der Waals surface area contributed by atoms with Crippen molar-refractivity contribution in [2.75, 3.05) is 6.54 Å². The molecule has 0 aliphatic carbocycles. The molecule has 0 heterocycles. The minimum Gasteiger partial charge on any atom is -0.462 e. The van der Waals surface area contributed by atoms with Crippen LogP contribution >= 0.6 is 0 Å². The molecule has 0 rings (SSSR count). The highest BCUT2D eigenvalue weighted by Crippen LogP contribution is 2.01. The maximum atomic E-state index is 11.2. The summed E-state index contributed by atoms with van der Waals surface area (Å²) < 4.78 is 4.95. The molecule has 0 aliphatic rings. The van der Waals surface area contributed by atoms with Gasteiger partial charge in [0.15, 0.2) is 0 Å². The average Bonchev–Trinajstić information content (AvgIpc) is 2.03. The first-order chi connectivity index (χ1) is 6.07. The predicted molar refractivity (Wildman–Crippen MR) is 52.1 cm³/mol. The summed E-state index contributed by atoms with van der Waals surface area (Å²) in [6.45, 7) is 4.26. The number of hydrogen-bond acceptors (Lipinski definition) is 4. The third kappa shape index (κ3) is 6.54. The summed E-state index contributed by atoms with van der Waals surface area (Å²) in [4.78, 5) is 11.2. The molecule has 4 nitrogen and oxygen atoms in total. The predicted octanol–water partition coefficient (Wildman–Crippen LogP) is 0.394. The van der Waals surface area contributed by atoms with Gasteiger partial charge in [-0.1, -0.05) is 6.42 Å². The highest BCUT2D eigenvalue weighted by atomic mass is 16.5. The maximum absolute atomic E-state index is 11.2. The molecule has 0 fully saturated rings. The van der Waals surface area contributed by atoms with Crippen LogP contribution in [0.4, 0.5) is 0 Å². The average molecular weight is 188 g/mol. The third-order valence-electron chi connectivity index (χ3n) is 1.62. The molecule has 0 saturated carbocycles. The molecule has 0 saturated heterocycles. The van der Waals surface area contributed by atoms with Crippen molar-refractivity contribution in [1.29, 1.82) is 0 Å². The zero-order valence-corrected chi connectivity index (χ0v) is 8.45. The highest BCUT2D eigenvalue weighted by molar-refractivity contribution is 5.75. The number of unbranched alkanes of at least 4 members (excludes halogenated alkanes) is 1. The van der Waals surface area contributed by atoms with Crippen molar-refractivity contribution in [2.45, 2.75) is 45.3 Å². The fraction of sp³-hybridized carbons (Fsp3) is 0.889. The Balaban J connectivity index is 3.57. The second-order valence-electron chi connectivity index (χ2n) is 3.38. The summed E-state index contributed by atoms with van der Waals surface area (Å²) in [6.07, 6.45) is 2.35. The molecular formula is C9H20N2O2. The zero-order chi connectivity index (χ0) is 10.3. The van der Waals surface area contributed by atoms with Gasteiger partial charge in [-0.05, 0) is 33.2 Å². The van der Waals surface area contributed by atoms with Gasteiger partial charge in [0.1, 0.15) is 6.04 Å². The minimum absolute atomic E-state index is 0.0898. The fourth-order valence-corrected chi connectivity index (χ4v) is 0.946. The van der Waals surface area contributed by atoms with E-state index >= 15 is 0 Å². The summed E-state index contributed by atoms with van der Waals surface area (Å²) in [6, 6.07) is -0.492. The second kappa shape index (κ2) is 6.86. The van der Waals surface area contributed by atoms with Crippen molar-refractivity contribution < 1.29 is 9.53 Å². The standard InChI is InChI=1S/C9H20N2O2/c1-7(2)13-9(12)8(11)5-3-4-6-10/h7-8H,3-6,10-11H2,1-2H3/t8-/m0/s1. The number of carbonyl (C=O) groups is 1. The molecule has 13 heavy (non-hydrogen) atoms. The van der Waals surface area contributed by atoms with Gasteiger partial charge >= 0.3 is 5.97 Å². The van der Waals surface area contributed by atoms with Crippen LogP contribution in [0.2, 0.25) is 0 Å². The van der Waals surface area contributed by atoms with Crippen LogP contribution in [0.1, 0.15) is 33.1 Å². The molecule has 0 aliphatic heterocycles. The second-order valence-corrected chi connectivity index (χ2v) is 3.38. The monoisotopic (exact) mass is 188 g/mol. The Bertz CT molecular complexity index is 149. The van der Waals surface area contributed by atoms with Crippen LogP contribution in [0.5, 0.6) is 0 Å². The van der Waals surface area contributed by atoms with E-state index in [-0.39, 0.29) is 12.1 Å². The van der Waals surface area contributed by atoms with Gasteiger partial charge in [0, 0.05) is 0 Å². The topological polar surface area (TPSA) is 78.3 Å². The molecule has 0 spiro atoms. The lowest BCUT2D eigenvalue weighted by atomic mass is 10.1. The lowest BCUT2D eigenvalue weighted by molar-refractivity contribution is -0.149. The van der Waals surface area contributed by atoms with Crippen molar-refractivity contribution in [3.05, 3.63) is 0 Å². The molecule has 78 valence electrons. The Hall–Kier alpha value is -0.610. The number of carbonyl (C=O) groups excluding carboxylic acids is 1. The quantitative estimate of drug-likeness (QED) is 0.467. The van der Waals surface area contributed by atoms with Gasteiger partial charge < -0.3 is 16.2 Å². The normalized spacial score (nSPS) is 13.0. The first-order valence-corrected chi connectivity index (χ1v) is 4.74. The van der Waals surface area contributed by atoms with Crippen molar-refractivity contribution in [2.24, 2.45) is 11.5 Å². The van der Waals surface area contributed by atoms with Crippen molar-refractivity contribution in [3.8, 4) is 0 Å². The zero-order valence-electron chi connectivity index (χ0n) is 8.45. The SMILES string of the molecule is CC(C)OC(=O)[C@@H](N)CCCCN. The van der Waals surface area contributed by atoms with E-state index < -0.39 is 6.04 Å². The van der Waals surface area contributed by atoms with Gasteiger partial charge in [-0.15, -0.1) is 0 Å². The first kappa shape index (κ1) is 12.4. The molecule has 0 amide bonds. The van der Waals surface area contributed by atoms with Crippen LogP contribution in [-0.2, 0) is 9.53 Å². The van der Waals surface area contributed by atoms with Gasteiger partial charge in [-0.3, -0.25) is 4.79 Å². The molecule has 0 aromatic rings. The Kier molecular flexibility index (Phi) is 6.54. The third-order valence-corrected chi connectivity index (χ3v) is 1.62. The van der Waals surface area contributed by atoms with E-state index in [1.54, 1.807) is 0 Å². The molecule has 1 atom stereocenters. The van der Waals surface area contributed by atoms with Gasteiger partial charge in [-0.2, -0.15) is 0 Å². The molecule has 0 radical (unpaired) electrons. The van der Waals surface area contributed by atoms with Crippen LogP contribution in [0, 0.1) is 0 Å². The molecular weight excluding hydrogens is 168 g/mol. The first-order valence-electron chi connectivity index (χ1n) is 4.74. The largest absolute Gasteiger partial charge is 0.462 e. The van der Waals surface area contributed by atoms with E-state index in [1.165, 1.54) is 0 Å². The summed E-state index contributed by atoms with van der Waals surface area (Å²) in [7, 11) is 0. The molecule has 0 aromatic carbocycles. The molecule has 0 bridgehead atoms. The van der Waals surface area contributed by atoms with Crippen molar-refractivity contribution >= 4 is 5.97 Å². The van der Waals surface area contributed by atoms with Gasteiger partial charge in [0.25, 0.3) is 0 Å².